The lowest BCUT2D eigenvalue weighted by Gasteiger charge is -2.28. The highest BCUT2D eigenvalue weighted by molar-refractivity contribution is 5.86. The van der Waals surface area contributed by atoms with Gasteiger partial charge in [0.2, 0.25) is 0 Å². The third-order valence-electron chi connectivity index (χ3n) is 3.55. The van der Waals surface area contributed by atoms with Crippen LogP contribution in [0.25, 0.3) is 6.08 Å². The number of carbonyl (C=O) groups is 1. The lowest BCUT2D eigenvalue weighted by molar-refractivity contribution is -0.134. The molecule has 1 saturated heterocycles. The second-order valence-electron chi connectivity index (χ2n) is 5.10. The average Bonchev–Trinajstić information content (AvgIpc) is 2.86. The van der Waals surface area contributed by atoms with Crippen LogP contribution in [-0.2, 0) is 16.1 Å². The van der Waals surface area contributed by atoms with E-state index in [4.69, 9.17) is 0 Å². The molecule has 5 heteroatoms. The lowest BCUT2D eigenvalue weighted by Crippen LogP contribution is -2.31. The maximum Gasteiger partial charge on any atom is 0.330 e. The molecule has 1 aromatic heterocycles. The Kier molecular flexibility index (Phi) is 4.74. The lowest BCUT2D eigenvalue weighted by atomic mass is 9.97. The van der Waals surface area contributed by atoms with E-state index >= 15 is 0 Å². The molecule has 1 fully saturated rings. The van der Waals surface area contributed by atoms with Gasteiger partial charge in [0, 0.05) is 24.4 Å². The van der Waals surface area contributed by atoms with Gasteiger partial charge in [-0.2, -0.15) is 5.10 Å². The van der Waals surface area contributed by atoms with E-state index in [9.17, 15) is 4.79 Å². The first-order valence-corrected chi connectivity index (χ1v) is 6.64. The summed E-state index contributed by atoms with van der Waals surface area (Å²) in [6.45, 7) is 3.29. The van der Waals surface area contributed by atoms with Crippen molar-refractivity contribution in [1.29, 1.82) is 0 Å². The van der Waals surface area contributed by atoms with Gasteiger partial charge in [-0.25, -0.2) is 4.79 Å². The van der Waals surface area contributed by atoms with Crippen LogP contribution in [0, 0.1) is 5.92 Å². The Morgan fingerprint density at radius 3 is 2.95 bits per heavy atom. The molecule has 0 aromatic carbocycles. The first-order chi connectivity index (χ1) is 9.17. The van der Waals surface area contributed by atoms with Crippen LogP contribution in [0.1, 0.15) is 18.4 Å². The Labute approximate surface area is 113 Å². The van der Waals surface area contributed by atoms with Crippen LogP contribution in [0.5, 0.6) is 0 Å². The number of hydrogen-bond acceptors (Lipinski definition) is 4. The van der Waals surface area contributed by atoms with Crippen molar-refractivity contribution in [2.24, 2.45) is 5.92 Å². The summed E-state index contributed by atoms with van der Waals surface area (Å²) < 4.78 is 6.52. The van der Waals surface area contributed by atoms with Gasteiger partial charge in [-0.3, -0.25) is 4.68 Å². The Balaban J connectivity index is 1.87. The third kappa shape index (κ3) is 4.21. The predicted molar refractivity (Wildman–Crippen MR) is 73.5 cm³/mol. The van der Waals surface area contributed by atoms with Gasteiger partial charge in [0.15, 0.2) is 0 Å². The summed E-state index contributed by atoms with van der Waals surface area (Å²) in [5.74, 6) is 0.358. The summed E-state index contributed by atoms with van der Waals surface area (Å²) in [5.41, 5.74) is 0.929. The molecule has 1 aliphatic rings. The van der Waals surface area contributed by atoms with Crippen molar-refractivity contribution >= 4 is 12.0 Å². The molecule has 1 aliphatic heterocycles. The van der Waals surface area contributed by atoms with Crippen molar-refractivity contribution in [3.05, 3.63) is 24.0 Å². The SMILES string of the molecule is COC(=O)C=Cc1cnn(CC2CCN(C)CC2)c1. The van der Waals surface area contributed by atoms with Gasteiger partial charge in [-0.15, -0.1) is 0 Å². The average molecular weight is 263 g/mol. The van der Waals surface area contributed by atoms with E-state index in [2.05, 4.69) is 21.8 Å². The molecule has 19 heavy (non-hydrogen) atoms. The van der Waals surface area contributed by atoms with E-state index in [1.165, 1.54) is 39.1 Å². The van der Waals surface area contributed by atoms with Crippen molar-refractivity contribution in [3.8, 4) is 0 Å². The molecular weight excluding hydrogens is 242 g/mol. The summed E-state index contributed by atoms with van der Waals surface area (Å²) in [4.78, 5) is 13.4. The number of carbonyl (C=O) groups excluding carboxylic acids is 1. The topological polar surface area (TPSA) is 47.4 Å². The van der Waals surface area contributed by atoms with Crippen molar-refractivity contribution in [2.75, 3.05) is 27.2 Å². The van der Waals surface area contributed by atoms with E-state index in [0.29, 0.717) is 5.92 Å². The van der Waals surface area contributed by atoms with E-state index in [0.717, 1.165) is 12.1 Å². The molecule has 2 heterocycles. The smallest absolute Gasteiger partial charge is 0.330 e. The standard InChI is InChI=1S/C14H21N3O2/c1-16-7-5-12(6-8-16)10-17-11-13(9-15-17)3-4-14(18)19-2/h3-4,9,11-12H,5-8,10H2,1-2H3. The molecule has 104 valence electrons. The second kappa shape index (κ2) is 6.52. The van der Waals surface area contributed by atoms with Crippen molar-refractivity contribution < 1.29 is 9.53 Å². The normalized spacial score (nSPS) is 18.0. The van der Waals surface area contributed by atoms with E-state index < -0.39 is 0 Å². The molecule has 2 rings (SSSR count). The Hall–Kier alpha value is -1.62. The van der Waals surface area contributed by atoms with Gasteiger partial charge in [-0.05, 0) is 45.0 Å². The Bertz CT molecular complexity index is 445. The third-order valence-corrected chi connectivity index (χ3v) is 3.55. The fourth-order valence-electron chi connectivity index (χ4n) is 2.31. The number of rotatable bonds is 4. The fourth-order valence-corrected chi connectivity index (χ4v) is 2.31. The van der Waals surface area contributed by atoms with Crippen LogP contribution in [0.3, 0.4) is 0 Å². The summed E-state index contributed by atoms with van der Waals surface area (Å²) in [6.07, 6.45) is 9.33. The number of piperidine rings is 1. The molecule has 1 aromatic rings. The van der Waals surface area contributed by atoms with Crippen LogP contribution in [0.4, 0.5) is 0 Å². The zero-order chi connectivity index (χ0) is 13.7. The first kappa shape index (κ1) is 13.8. The van der Waals surface area contributed by atoms with Crippen LogP contribution in [0.15, 0.2) is 18.5 Å². The monoisotopic (exact) mass is 263 g/mol. The highest BCUT2D eigenvalue weighted by Gasteiger charge is 2.17. The number of esters is 1. The maximum absolute atomic E-state index is 11.0. The van der Waals surface area contributed by atoms with Crippen LogP contribution in [0.2, 0.25) is 0 Å². The van der Waals surface area contributed by atoms with E-state index in [1.54, 1.807) is 12.3 Å². The number of methoxy groups -OCH3 is 1. The van der Waals surface area contributed by atoms with Crippen molar-refractivity contribution in [3.63, 3.8) is 0 Å². The zero-order valence-electron chi connectivity index (χ0n) is 11.6. The van der Waals surface area contributed by atoms with Crippen molar-refractivity contribution in [2.45, 2.75) is 19.4 Å². The molecule has 0 N–H and O–H groups in total. The summed E-state index contributed by atoms with van der Waals surface area (Å²) in [6, 6.07) is 0. The van der Waals surface area contributed by atoms with Gasteiger partial charge in [0.25, 0.3) is 0 Å². The van der Waals surface area contributed by atoms with Gasteiger partial charge in [0.05, 0.1) is 13.3 Å². The summed E-state index contributed by atoms with van der Waals surface area (Å²) >= 11 is 0. The van der Waals surface area contributed by atoms with Gasteiger partial charge in [-0.1, -0.05) is 0 Å². The zero-order valence-corrected chi connectivity index (χ0v) is 11.6. The van der Waals surface area contributed by atoms with Crippen LogP contribution >= 0.6 is 0 Å². The molecule has 0 atom stereocenters. The number of hydrogen-bond donors (Lipinski definition) is 0. The minimum absolute atomic E-state index is 0.344. The molecule has 0 radical (unpaired) electrons. The molecule has 0 amide bonds. The largest absolute Gasteiger partial charge is 0.466 e. The highest BCUT2D eigenvalue weighted by Crippen LogP contribution is 2.18. The molecular formula is C14H21N3O2. The van der Waals surface area contributed by atoms with Gasteiger partial charge in [0.1, 0.15) is 0 Å². The fraction of sp³-hybridized carbons (Fsp3) is 0.571. The first-order valence-electron chi connectivity index (χ1n) is 6.64. The molecule has 5 nitrogen and oxygen atoms in total. The quantitative estimate of drug-likeness (QED) is 0.609. The predicted octanol–water partition coefficient (Wildman–Crippen LogP) is 1.41. The molecule has 0 spiro atoms. The molecule has 0 aliphatic carbocycles. The van der Waals surface area contributed by atoms with Crippen LogP contribution < -0.4 is 0 Å². The Morgan fingerprint density at radius 2 is 2.26 bits per heavy atom. The van der Waals surface area contributed by atoms with E-state index in [1.807, 2.05) is 10.9 Å². The maximum atomic E-state index is 11.0. The minimum atomic E-state index is -0.344. The highest BCUT2D eigenvalue weighted by atomic mass is 16.5. The molecule has 0 saturated carbocycles. The summed E-state index contributed by atoms with van der Waals surface area (Å²) in [5, 5.41) is 4.33. The van der Waals surface area contributed by atoms with Gasteiger partial charge >= 0.3 is 5.97 Å². The second-order valence-corrected chi connectivity index (χ2v) is 5.10. The minimum Gasteiger partial charge on any atom is -0.466 e. The van der Waals surface area contributed by atoms with Crippen molar-refractivity contribution in [1.82, 2.24) is 14.7 Å². The summed E-state index contributed by atoms with van der Waals surface area (Å²) in [7, 11) is 3.54. The van der Waals surface area contributed by atoms with E-state index in [-0.39, 0.29) is 5.97 Å². The Morgan fingerprint density at radius 1 is 1.53 bits per heavy atom. The number of ether oxygens (including phenoxy) is 1. The molecule has 0 bridgehead atoms. The number of likely N-dealkylation sites (tertiary alicyclic amines) is 1. The number of nitrogens with zero attached hydrogens (tertiary/aromatic N) is 3. The van der Waals surface area contributed by atoms with Gasteiger partial charge < -0.3 is 9.64 Å². The van der Waals surface area contributed by atoms with Crippen LogP contribution in [-0.4, -0.2) is 47.9 Å². The number of aromatic nitrogens is 2. The molecule has 0 unspecified atom stereocenters.